The Labute approximate surface area is 123 Å². The molecule has 0 aliphatic heterocycles. The van der Waals surface area contributed by atoms with Crippen LogP contribution < -0.4 is 0 Å². The van der Waals surface area contributed by atoms with Crippen molar-refractivity contribution in [1.29, 1.82) is 0 Å². The molecule has 0 saturated heterocycles. The van der Waals surface area contributed by atoms with E-state index in [-0.39, 0.29) is 5.75 Å². The number of hydrogen-bond acceptors (Lipinski definition) is 2. The van der Waals surface area contributed by atoms with Crippen LogP contribution in [0.15, 0.2) is 54.6 Å². The maximum atomic E-state index is 9.87. The first-order valence-corrected chi connectivity index (χ1v) is 7.12. The molecule has 0 unspecified atom stereocenters. The van der Waals surface area contributed by atoms with Crippen LogP contribution in [-0.2, 0) is 6.42 Å². The molecule has 2 nitrogen and oxygen atoms in total. The number of rotatable bonds is 1. The van der Waals surface area contributed by atoms with Gasteiger partial charge >= 0.3 is 0 Å². The maximum absolute atomic E-state index is 9.87. The van der Waals surface area contributed by atoms with E-state index in [0.717, 1.165) is 23.0 Å². The number of aryl methyl sites for hydroxylation is 1. The van der Waals surface area contributed by atoms with Crippen molar-refractivity contribution < 1.29 is 5.11 Å². The summed E-state index contributed by atoms with van der Waals surface area (Å²) in [6, 6.07) is 15.8. The highest BCUT2D eigenvalue weighted by Crippen LogP contribution is 2.34. The summed E-state index contributed by atoms with van der Waals surface area (Å²) in [7, 11) is 0. The Morgan fingerprint density at radius 3 is 2.76 bits per heavy atom. The number of nitrogens with zero attached hydrogens (tertiary/aromatic N) is 1. The summed E-state index contributed by atoms with van der Waals surface area (Å²) >= 11 is 0. The molecule has 21 heavy (non-hydrogen) atoms. The molecule has 2 aromatic carbocycles. The molecule has 0 radical (unpaired) electrons. The molecule has 0 saturated carbocycles. The predicted octanol–water partition coefficient (Wildman–Crippen LogP) is 4.24. The van der Waals surface area contributed by atoms with Crippen LogP contribution in [0.5, 0.6) is 5.75 Å². The van der Waals surface area contributed by atoms with Crippen LogP contribution in [0.4, 0.5) is 0 Å². The van der Waals surface area contributed by atoms with E-state index in [2.05, 4.69) is 31.2 Å². The monoisotopic (exact) mass is 273 g/mol. The largest absolute Gasteiger partial charge is 0.507 e. The topological polar surface area (TPSA) is 33.1 Å². The van der Waals surface area contributed by atoms with Crippen LogP contribution in [0.1, 0.15) is 22.4 Å². The van der Waals surface area contributed by atoms with Gasteiger partial charge in [-0.2, -0.15) is 0 Å². The van der Waals surface area contributed by atoms with Crippen molar-refractivity contribution >= 4 is 16.5 Å². The molecule has 2 heteroatoms. The summed E-state index contributed by atoms with van der Waals surface area (Å²) in [6.07, 6.45) is 3.21. The van der Waals surface area contributed by atoms with Crippen molar-refractivity contribution in [2.24, 2.45) is 0 Å². The number of benzene rings is 2. The Morgan fingerprint density at radius 2 is 1.86 bits per heavy atom. The van der Waals surface area contributed by atoms with Crippen LogP contribution in [-0.4, -0.2) is 10.1 Å². The molecule has 1 aromatic heterocycles. The zero-order valence-electron chi connectivity index (χ0n) is 11.8. The third-order valence-electron chi connectivity index (χ3n) is 4.20. The van der Waals surface area contributed by atoms with Gasteiger partial charge in [0.1, 0.15) is 5.75 Å². The number of phenols is 1. The molecule has 0 atom stereocenters. The van der Waals surface area contributed by atoms with Gasteiger partial charge in [0, 0.05) is 11.0 Å². The zero-order valence-corrected chi connectivity index (χ0v) is 11.8. The van der Waals surface area contributed by atoms with Gasteiger partial charge in [-0.05, 0) is 54.3 Å². The summed E-state index contributed by atoms with van der Waals surface area (Å²) in [5.41, 5.74) is 7.00. The lowest BCUT2D eigenvalue weighted by atomic mass is 9.99. The fourth-order valence-corrected chi connectivity index (χ4v) is 3.07. The number of hydrogen-bond donors (Lipinski definition) is 1. The second-order valence-electron chi connectivity index (χ2n) is 5.46. The lowest BCUT2D eigenvalue weighted by Gasteiger charge is -2.09. The smallest absolute Gasteiger partial charge is 0.124 e. The fourth-order valence-electron chi connectivity index (χ4n) is 3.07. The van der Waals surface area contributed by atoms with Crippen molar-refractivity contribution in [2.45, 2.75) is 13.3 Å². The lowest BCUT2D eigenvalue weighted by molar-refractivity contribution is 0.481. The van der Waals surface area contributed by atoms with Gasteiger partial charge in [-0.1, -0.05) is 30.3 Å². The Bertz CT molecular complexity index is 893. The fraction of sp³-hybridized carbons (Fsp3) is 0.105. The number of phenolic OH excluding ortho intramolecular Hbond substituents is 1. The molecular formula is C19H15NO. The first-order chi connectivity index (χ1) is 10.2. The molecule has 0 bridgehead atoms. The van der Waals surface area contributed by atoms with Crippen molar-refractivity contribution in [3.63, 3.8) is 0 Å². The van der Waals surface area contributed by atoms with Gasteiger partial charge in [-0.25, -0.2) is 4.98 Å². The molecule has 0 amide bonds. The summed E-state index contributed by atoms with van der Waals surface area (Å²) in [5, 5.41) is 10.7. The minimum absolute atomic E-state index is 0.281. The number of fused-ring (bicyclic) bond motifs is 2. The summed E-state index contributed by atoms with van der Waals surface area (Å²) in [5.74, 6) is 0.281. The molecule has 1 heterocycles. The van der Waals surface area contributed by atoms with Gasteiger partial charge in [0.15, 0.2) is 0 Å². The number of pyridine rings is 1. The third-order valence-corrected chi connectivity index (χ3v) is 4.20. The molecule has 3 aromatic rings. The van der Waals surface area contributed by atoms with Crippen molar-refractivity contribution in [3.8, 4) is 5.75 Å². The highest BCUT2D eigenvalue weighted by molar-refractivity contribution is 5.89. The average Bonchev–Trinajstić information content (AvgIpc) is 2.92. The van der Waals surface area contributed by atoms with Crippen molar-refractivity contribution in [1.82, 2.24) is 4.98 Å². The molecule has 102 valence electrons. The van der Waals surface area contributed by atoms with Crippen LogP contribution in [0.2, 0.25) is 0 Å². The molecule has 4 rings (SSSR count). The molecule has 1 aliphatic rings. The highest BCUT2D eigenvalue weighted by Gasteiger charge is 2.18. The average molecular weight is 273 g/mol. The Kier molecular flexibility index (Phi) is 2.58. The lowest BCUT2D eigenvalue weighted by Crippen LogP contribution is -1.93. The normalized spacial score (nSPS) is 13.3. The van der Waals surface area contributed by atoms with Gasteiger partial charge in [-0.15, -0.1) is 0 Å². The van der Waals surface area contributed by atoms with Crippen LogP contribution >= 0.6 is 0 Å². The molecular weight excluding hydrogens is 258 g/mol. The predicted molar refractivity (Wildman–Crippen MR) is 85.4 cm³/mol. The van der Waals surface area contributed by atoms with Gasteiger partial charge in [0.05, 0.1) is 11.2 Å². The van der Waals surface area contributed by atoms with Crippen LogP contribution in [0, 0.1) is 6.92 Å². The zero-order chi connectivity index (χ0) is 14.4. The van der Waals surface area contributed by atoms with E-state index in [1.165, 1.54) is 22.3 Å². The second-order valence-corrected chi connectivity index (χ2v) is 5.46. The first-order valence-electron chi connectivity index (χ1n) is 7.12. The van der Waals surface area contributed by atoms with Crippen molar-refractivity contribution in [3.05, 3.63) is 77.0 Å². The van der Waals surface area contributed by atoms with E-state index in [9.17, 15) is 5.11 Å². The molecule has 0 fully saturated rings. The Balaban J connectivity index is 1.88. The first kappa shape index (κ1) is 12.2. The van der Waals surface area contributed by atoms with Crippen molar-refractivity contribution in [2.75, 3.05) is 0 Å². The standard InChI is InChI=1S/C19H15NO/c1-12-4-2-5-14-13(12)8-9-15(14)18-11-10-16-17(20-18)6-3-7-19(16)21/h2-7,9-11,21H,8H2,1H3. The second kappa shape index (κ2) is 4.45. The number of allylic oxidation sites excluding steroid dienone is 1. The van der Waals surface area contributed by atoms with Gasteiger partial charge in [0.2, 0.25) is 0 Å². The van der Waals surface area contributed by atoms with Gasteiger partial charge < -0.3 is 5.11 Å². The minimum Gasteiger partial charge on any atom is -0.507 e. The molecule has 1 N–H and O–H groups in total. The van der Waals surface area contributed by atoms with E-state index < -0.39 is 0 Å². The van der Waals surface area contributed by atoms with E-state index in [0.29, 0.717) is 0 Å². The van der Waals surface area contributed by atoms with E-state index in [1.54, 1.807) is 6.07 Å². The summed E-state index contributed by atoms with van der Waals surface area (Å²) < 4.78 is 0. The van der Waals surface area contributed by atoms with E-state index in [1.807, 2.05) is 24.3 Å². The SMILES string of the molecule is Cc1cccc2c1CC=C2c1ccc2c(O)cccc2n1. The van der Waals surface area contributed by atoms with Gasteiger partial charge in [0.25, 0.3) is 0 Å². The van der Waals surface area contributed by atoms with E-state index in [4.69, 9.17) is 4.98 Å². The van der Waals surface area contributed by atoms with Crippen LogP contribution in [0.3, 0.4) is 0 Å². The summed E-state index contributed by atoms with van der Waals surface area (Å²) in [4.78, 5) is 4.72. The Hall–Kier alpha value is -2.61. The third kappa shape index (κ3) is 1.83. The summed E-state index contributed by atoms with van der Waals surface area (Å²) in [6.45, 7) is 2.15. The maximum Gasteiger partial charge on any atom is 0.124 e. The molecule has 0 spiro atoms. The molecule has 1 aliphatic carbocycles. The number of aromatic nitrogens is 1. The highest BCUT2D eigenvalue weighted by atomic mass is 16.3. The van der Waals surface area contributed by atoms with Gasteiger partial charge in [-0.3, -0.25) is 0 Å². The Morgan fingerprint density at radius 1 is 1.00 bits per heavy atom. The number of aromatic hydroxyl groups is 1. The van der Waals surface area contributed by atoms with E-state index >= 15 is 0 Å². The minimum atomic E-state index is 0.281. The quantitative estimate of drug-likeness (QED) is 0.719. The van der Waals surface area contributed by atoms with Crippen LogP contribution in [0.25, 0.3) is 16.5 Å².